The van der Waals surface area contributed by atoms with E-state index in [2.05, 4.69) is 20.3 Å². The summed E-state index contributed by atoms with van der Waals surface area (Å²) in [5.41, 5.74) is 2.46. The van der Waals surface area contributed by atoms with Crippen LogP contribution in [-0.4, -0.2) is 44.8 Å². The van der Waals surface area contributed by atoms with Gasteiger partial charge in [-0.05, 0) is 43.5 Å². The zero-order valence-electron chi connectivity index (χ0n) is 16.7. The van der Waals surface area contributed by atoms with E-state index in [0.29, 0.717) is 18.9 Å². The average Bonchev–Trinajstić information content (AvgIpc) is 3.24. The number of rotatable bonds is 5. The Balaban J connectivity index is 1.36. The Kier molecular flexibility index (Phi) is 6.13. The number of nitrogens with one attached hydrogen (secondary N) is 1. The number of carbonyl (C=O) groups is 2. The van der Waals surface area contributed by atoms with Crippen molar-refractivity contribution in [1.29, 1.82) is 0 Å². The first kappa shape index (κ1) is 20.2. The highest BCUT2D eigenvalue weighted by Gasteiger charge is 2.29. The largest absolute Gasteiger partial charge is 0.342 e. The normalized spacial score (nSPS) is 16.3. The lowest BCUT2D eigenvalue weighted by molar-refractivity contribution is -0.134. The molecule has 1 unspecified atom stereocenters. The molecule has 7 nitrogen and oxygen atoms in total. The number of thiazole rings is 1. The van der Waals surface area contributed by atoms with Gasteiger partial charge in [0.25, 0.3) is 0 Å². The smallest absolute Gasteiger partial charge is 0.230 e. The van der Waals surface area contributed by atoms with Gasteiger partial charge in [0.05, 0.1) is 23.7 Å². The number of hydrogen-bond acceptors (Lipinski definition) is 6. The second kappa shape index (κ2) is 9.13. The first-order valence-corrected chi connectivity index (χ1v) is 10.8. The summed E-state index contributed by atoms with van der Waals surface area (Å²) in [6.07, 6.45) is 5.19. The van der Waals surface area contributed by atoms with E-state index in [4.69, 9.17) is 0 Å². The molecule has 1 atom stereocenters. The fourth-order valence-corrected chi connectivity index (χ4v) is 4.31. The highest BCUT2D eigenvalue weighted by atomic mass is 32.1. The van der Waals surface area contributed by atoms with Crippen LogP contribution < -0.4 is 5.32 Å². The zero-order chi connectivity index (χ0) is 20.9. The summed E-state index contributed by atoms with van der Waals surface area (Å²) >= 11 is 1.48. The van der Waals surface area contributed by atoms with Gasteiger partial charge in [-0.1, -0.05) is 12.1 Å². The standard InChI is InChI=1S/C22H23N5O2S/c1-15-6-4-10-24-20(15)26-21(29)16-7-5-11-27(13-16)19(28)12-17-14-30-22(25-17)18-8-2-3-9-23-18/h2-4,6,8-10,14,16H,5,7,11-13H2,1H3,(H,24,26,29). The van der Waals surface area contributed by atoms with E-state index >= 15 is 0 Å². The van der Waals surface area contributed by atoms with Gasteiger partial charge >= 0.3 is 0 Å². The molecule has 8 heteroatoms. The number of anilines is 1. The van der Waals surface area contributed by atoms with E-state index in [0.717, 1.165) is 34.8 Å². The van der Waals surface area contributed by atoms with Crippen LogP contribution >= 0.6 is 11.3 Å². The molecular formula is C22H23N5O2S. The van der Waals surface area contributed by atoms with Crippen molar-refractivity contribution >= 4 is 29.0 Å². The number of pyridine rings is 2. The second-order valence-corrected chi connectivity index (χ2v) is 8.23. The summed E-state index contributed by atoms with van der Waals surface area (Å²) in [6.45, 7) is 3.00. The maximum absolute atomic E-state index is 12.8. The number of aromatic nitrogens is 3. The molecule has 4 heterocycles. The third-order valence-corrected chi connectivity index (χ3v) is 6.08. The fourth-order valence-electron chi connectivity index (χ4n) is 3.51. The van der Waals surface area contributed by atoms with Crippen molar-refractivity contribution in [3.8, 4) is 10.7 Å². The number of aryl methyl sites for hydroxylation is 1. The van der Waals surface area contributed by atoms with Crippen LogP contribution in [0.3, 0.4) is 0 Å². The van der Waals surface area contributed by atoms with E-state index in [1.165, 1.54) is 11.3 Å². The van der Waals surface area contributed by atoms with E-state index in [9.17, 15) is 9.59 Å². The highest BCUT2D eigenvalue weighted by Crippen LogP contribution is 2.23. The first-order chi connectivity index (χ1) is 14.6. The monoisotopic (exact) mass is 421 g/mol. The molecule has 3 aromatic rings. The molecular weight excluding hydrogens is 398 g/mol. The Morgan fingerprint density at radius 2 is 2.07 bits per heavy atom. The van der Waals surface area contributed by atoms with Crippen molar-refractivity contribution in [1.82, 2.24) is 19.9 Å². The predicted octanol–water partition coefficient (Wildman–Crippen LogP) is 3.33. The van der Waals surface area contributed by atoms with Gasteiger partial charge < -0.3 is 10.2 Å². The summed E-state index contributed by atoms with van der Waals surface area (Å²) in [5, 5.41) is 5.61. The lowest BCUT2D eigenvalue weighted by Gasteiger charge is -2.32. The Bertz CT molecular complexity index is 1040. The number of piperidine rings is 1. The van der Waals surface area contributed by atoms with Gasteiger partial charge in [0.1, 0.15) is 10.8 Å². The van der Waals surface area contributed by atoms with Crippen molar-refractivity contribution in [2.75, 3.05) is 18.4 Å². The molecule has 30 heavy (non-hydrogen) atoms. The Labute approximate surface area is 179 Å². The van der Waals surface area contributed by atoms with Crippen molar-refractivity contribution in [2.45, 2.75) is 26.2 Å². The molecule has 2 amide bonds. The van der Waals surface area contributed by atoms with Crippen molar-refractivity contribution in [3.05, 3.63) is 59.4 Å². The summed E-state index contributed by atoms with van der Waals surface area (Å²) in [7, 11) is 0. The molecule has 0 saturated carbocycles. The van der Waals surface area contributed by atoms with Gasteiger partial charge in [-0.15, -0.1) is 11.3 Å². The topological polar surface area (TPSA) is 88.1 Å². The van der Waals surface area contributed by atoms with Crippen LogP contribution in [0, 0.1) is 12.8 Å². The quantitative estimate of drug-likeness (QED) is 0.683. The Morgan fingerprint density at radius 1 is 1.20 bits per heavy atom. The van der Waals surface area contributed by atoms with E-state index < -0.39 is 0 Å². The minimum Gasteiger partial charge on any atom is -0.342 e. The van der Waals surface area contributed by atoms with Crippen LogP contribution in [0.15, 0.2) is 48.1 Å². The average molecular weight is 422 g/mol. The minimum absolute atomic E-state index is 0.000567. The third kappa shape index (κ3) is 4.71. The van der Waals surface area contributed by atoms with Crippen LogP contribution in [0.4, 0.5) is 5.82 Å². The molecule has 0 radical (unpaired) electrons. The van der Waals surface area contributed by atoms with Crippen LogP contribution in [0.1, 0.15) is 24.1 Å². The van der Waals surface area contributed by atoms with E-state index in [1.54, 1.807) is 17.3 Å². The molecule has 1 fully saturated rings. The molecule has 1 saturated heterocycles. The zero-order valence-corrected chi connectivity index (χ0v) is 17.6. The number of likely N-dealkylation sites (tertiary alicyclic amines) is 1. The van der Waals surface area contributed by atoms with E-state index in [-0.39, 0.29) is 24.2 Å². The van der Waals surface area contributed by atoms with Crippen LogP contribution in [0.25, 0.3) is 10.7 Å². The molecule has 0 aliphatic carbocycles. The molecule has 0 bridgehead atoms. The van der Waals surface area contributed by atoms with Crippen molar-refractivity contribution < 1.29 is 9.59 Å². The summed E-state index contributed by atoms with van der Waals surface area (Å²) in [6, 6.07) is 9.43. The lowest BCUT2D eigenvalue weighted by Crippen LogP contribution is -2.44. The fraction of sp³-hybridized carbons (Fsp3) is 0.318. The molecule has 154 valence electrons. The molecule has 3 aromatic heterocycles. The molecule has 0 aromatic carbocycles. The number of hydrogen-bond donors (Lipinski definition) is 1. The van der Waals surface area contributed by atoms with Crippen LogP contribution in [-0.2, 0) is 16.0 Å². The maximum Gasteiger partial charge on any atom is 0.230 e. The molecule has 0 spiro atoms. The highest BCUT2D eigenvalue weighted by molar-refractivity contribution is 7.13. The SMILES string of the molecule is Cc1cccnc1NC(=O)C1CCCN(C(=O)Cc2csc(-c3ccccn3)n2)C1. The molecule has 1 aliphatic rings. The van der Waals surface area contributed by atoms with Gasteiger partial charge in [0, 0.05) is 30.9 Å². The van der Waals surface area contributed by atoms with Gasteiger partial charge in [0.2, 0.25) is 11.8 Å². The van der Waals surface area contributed by atoms with Gasteiger partial charge in [-0.2, -0.15) is 0 Å². The molecule has 4 rings (SSSR count). The molecule has 1 N–H and O–H groups in total. The van der Waals surface area contributed by atoms with Crippen molar-refractivity contribution in [2.24, 2.45) is 5.92 Å². The maximum atomic E-state index is 12.8. The van der Waals surface area contributed by atoms with Gasteiger partial charge in [0.15, 0.2) is 0 Å². The number of amides is 2. The summed E-state index contributed by atoms with van der Waals surface area (Å²) in [5.74, 6) is 0.263. The first-order valence-electron chi connectivity index (χ1n) is 9.96. The lowest BCUT2D eigenvalue weighted by atomic mass is 9.96. The Hall–Kier alpha value is -3.13. The van der Waals surface area contributed by atoms with Gasteiger partial charge in [-0.3, -0.25) is 14.6 Å². The number of nitrogens with zero attached hydrogens (tertiary/aromatic N) is 4. The molecule has 1 aliphatic heterocycles. The minimum atomic E-state index is -0.233. The van der Waals surface area contributed by atoms with Crippen molar-refractivity contribution in [3.63, 3.8) is 0 Å². The second-order valence-electron chi connectivity index (χ2n) is 7.37. The summed E-state index contributed by atoms with van der Waals surface area (Å²) < 4.78 is 0. The predicted molar refractivity (Wildman–Crippen MR) is 116 cm³/mol. The van der Waals surface area contributed by atoms with Crippen LogP contribution in [0.2, 0.25) is 0 Å². The van der Waals surface area contributed by atoms with E-state index in [1.807, 2.05) is 42.6 Å². The summed E-state index contributed by atoms with van der Waals surface area (Å²) in [4.78, 5) is 40.4. The Morgan fingerprint density at radius 3 is 2.87 bits per heavy atom. The third-order valence-electron chi connectivity index (χ3n) is 5.16. The van der Waals surface area contributed by atoms with Crippen LogP contribution in [0.5, 0.6) is 0 Å². The number of carbonyl (C=O) groups excluding carboxylic acids is 2. The van der Waals surface area contributed by atoms with Gasteiger partial charge in [-0.25, -0.2) is 9.97 Å².